The monoisotopic (exact) mass is 328 g/mol. The van der Waals surface area contributed by atoms with Gasteiger partial charge in [-0.3, -0.25) is 0 Å². The largest absolute Gasteiger partial charge is 0.471 e. The Hall–Kier alpha value is -2.78. The van der Waals surface area contributed by atoms with Crippen molar-refractivity contribution in [3.63, 3.8) is 0 Å². The first-order valence-electron chi connectivity index (χ1n) is 6.98. The van der Waals surface area contributed by atoms with Crippen LogP contribution in [0.2, 0.25) is 5.02 Å². The normalized spacial score (nSPS) is 13.8. The predicted molar refractivity (Wildman–Crippen MR) is 85.4 cm³/mol. The van der Waals surface area contributed by atoms with Crippen molar-refractivity contribution < 1.29 is 9.53 Å². The number of hydrogen-bond donors (Lipinski definition) is 1. The van der Waals surface area contributed by atoms with Gasteiger partial charge in [-0.2, -0.15) is 5.26 Å². The fraction of sp³-hybridized carbons (Fsp3) is 0.188. The zero-order chi connectivity index (χ0) is 16.2. The number of nitriles is 1. The van der Waals surface area contributed by atoms with Crippen molar-refractivity contribution in [1.29, 1.82) is 5.26 Å². The number of halogens is 1. The van der Waals surface area contributed by atoms with Gasteiger partial charge in [-0.1, -0.05) is 11.6 Å². The van der Waals surface area contributed by atoms with Crippen LogP contribution in [-0.4, -0.2) is 35.1 Å². The van der Waals surface area contributed by atoms with Crippen LogP contribution >= 0.6 is 11.6 Å². The number of anilines is 1. The smallest absolute Gasteiger partial charge is 0.322 e. The quantitative estimate of drug-likeness (QED) is 0.939. The van der Waals surface area contributed by atoms with Gasteiger partial charge in [0.1, 0.15) is 12.2 Å². The number of carbonyl (C=O) groups is 1. The average molecular weight is 329 g/mol. The van der Waals surface area contributed by atoms with Gasteiger partial charge >= 0.3 is 6.03 Å². The van der Waals surface area contributed by atoms with E-state index in [4.69, 9.17) is 21.6 Å². The second-order valence-corrected chi connectivity index (χ2v) is 5.52. The second kappa shape index (κ2) is 6.55. The standard InChI is InChI=1S/C16H13ClN4O2/c17-12-2-4-13(5-3-12)20-16(22)21-9-14(10-21)23-15-6-1-11(7-18)8-19-15/h1-6,8,14H,9-10H2,(H,20,22). The summed E-state index contributed by atoms with van der Waals surface area (Å²) < 4.78 is 5.64. The van der Waals surface area contributed by atoms with Crippen molar-refractivity contribution in [3.8, 4) is 11.9 Å². The highest BCUT2D eigenvalue weighted by atomic mass is 35.5. The molecule has 0 spiro atoms. The highest BCUT2D eigenvalue weighted by Gasteiger charge is 2.32. The minimum absolute atomic E-state index is 0.0913. The van der Waals surface area contributed by atoms with E-state index in [9.17, 15) is 4.79 Å². The Morgan fingerprint density at radius 2 is 2.04 bits per heavy atom. The Kier molecular flexibility index (Phi) is 4.31. The average Bonchev–Trinajstić information content (AvgIpc) is 2.53. The van der Waals surface area contributed by atoms with Gasteiger partial charge in [-0.05, 0) is 30.3 Å². The summed E-state index contributed by atoms with van der Waals surface area (Å²) in [4.78, 5) is 17.7. The topological polar surface area (TPSA) is 78.2 Å². The van der Waals surface area contributed by atoms with Crippen molar-refractivity contribution in [2.75, 3.05) is 18.4 Å². The SMILES string of the molecule is N#Cc1ccc(OC2CN(C(=O)Nc3ccc(Cl)cc3)C2)nc1. The van der Waals surface area contributed by atoms with E-state index >= 15 is 0 Å². The molecule has 0 aliphatic carbocycles. The molecule has 116 valence electrons. The second-order valence-electron chi connectivity index (χ2n) is 5.08. The van der Waals surface area contributed by atoms with Crippen LogP contribution in [0.4, 0.5) is 10.5 Å². The summed E-state index contributed by atoms with van der Waals surface area (Å²) in [5, 5.41) is 12.1. The fourth-order valence-electron chi connectivity index (χ4n) is 2.10. The molecule has 3 rings (SSSR count). The van der Waals surface area contributed by atoms with Crippen molar-refractivity contribution in [3.05, 3.63) is 53.2 Å². The summed E-state index contributed by atoms with van der Waals surface area (Å²) in [6.07, 6.45) is 1.37. The van der Waals surface area contributed by atoms with Crippen LogP contribution in [0.1, 0.15) is 5.56 Å². The zero-order valence-corrected chi connectivity index (χ0v) is 12.8. The van der Waals surface area contributed by atoms with Crippen molar-refractivity contribution >= 4 is 23.3 Å². The van der Waals surface area contributed by atoms with Crippen molar-refractivity contribution in [2.45, 2.75) is 6.10 Å². The Bertz CT molecular complexity index is 734. The lowest BCUT2D eigenvalue weighted by Crippen LogP contribution is -2.57. The summed E-state index contributed by atoms with van der Waals surface area (Å²) in [5.74, 6) is 0.451. The lowest BCUT2D eigenvalue weighted by atomic mass is 10.2. The maximum Gasteiger partial charge on any atom is 0.322 e. The lowest BCUT2D eigenvalue weighted by Gasteiger charge is -2.38. The van der Waals surface area contributed by atoms with E-state index in [1.54, 1.807) is 41.3 Å². The van der Waals surface area contributed by atoms with Gasteiger partial charge in [-0.25, -0.2) is 9.78 Å². The minimum Gasteiger partial charge on any atom is -0.471 e. The molecule has 1 aromatic heterocycles. The number of aromatic nitrogens is 1. The number of carbonyl (C=O) groups excluding carboxylic acids is 1. The number of nitrogens with zero attached hydrogens (tertiary/aromatic N) is 3. The number of rotatable bonds is 3. The molecule has 0 unspecified atom stereocenters. The Morgan fingerprint density at radius 1 is 1.30 bits per heavy atom. The molecule has 1 fully saturated rings. The highest BCUT2D eigenvalue weighted by molar-refractivity contribution is 6.30. The number of amides is 2. The third kappa shape index (κ3) is 3.71. The highest BCUT2D eigenvalue weighted by Crippen LogP contribution is 2.18. The number of urea groups is 1. The van der Waals surface area contributed by atoms with E-state index in [1.807, 2.05) is 6.07 Å². The first kappa shape index (κ1) is 15.1. The summed E-state index contributed by atoms with van der Waals surface area (Å²) >= 11 is 5.80. The summed E-state index contributed by atoms with van der Waals surface area (Å²) in [7, 11) is 0. The van der Waals surface area contributed by atoms with Crippen molar-refractivity contribution in [2.24, 2.45) is 0 Å². The fourth-order valence-corrected chi connectivity index (χ4v) is 2.23. The first-order chi connectivity index (χ1) is 11.1. The van der Waals surface area contributed by atoms with Crippen LogP contribution in [-0.2, 0) is 0 Å². The molecule has 1 N–H and O–H groups in total. The third-order valence-electron chi connectivity index (χ3n) is 3.38. The van der Waals surface area contributed by atoms with Gasteiger partial charge in [0.15, 0.2) is 0 Å². The Labute approximate surface area is 138 Å². The molecular weight excluding hydrogens is 316 g/mol. The van der Waals surface area contributed by atoms with E-state index in [1.165, 1.54) is 6.20 Å². The van der Waals surface area contributed by atoms with Gasteiger partial charge in [0.2, 0.25) is 5.88 Å². The molecule has 23 heavy (non-hydrogen) atoms. The van der Waals surface area contributed by atoms with E-state index < -0.39 is 0 Å². The van der Waals surface area contributed by atoms with Gasteiger partial charge in [0, 0.05) is 23.0 Å². The molecule has 7 heteroatoms. The molecule has 0 radical (unpaired) electrons. The maximum atomic E-state index is 12.0. The zero-order valence-electron chi connectivity index (χ0n) is 12.1. The number of nitrogens with one attached hydrogen (secondary N) is 1. The van der Waals surface area contributed by atoms with Gasteiger partial charge < -0.3 is 15.0 Å². The minimum atomic E-state index is -0.181. The van der Waals surface area contributed by atoms with Crippen LogP contribution in [0, 0.1) is 11.3 Å². The van der Waals surface area contributed by atoms with Gasteiger partial charge in [-0.15, -0.1) is 0 Å². The summed E-state index contributed by atoms with van der Waals surface area (Å²) in [5.41, 5.74) is 1.17. The van der Waals surface area contributed by atoms with E-state index in [0.717, 1.165) is 0 Å². The molecule has 2 aromatic rings. The molecule has 6 nitrogen and oxygen atoms in total. The third-order valence-corrected chi connectivity index (χ3v) is 3.64. The number of ether oxygens (including phenoxy) is 1. The number of hydrogen-bond acceptors (Lipinski definition) is 4. The predicted octanol–water partition coefficient (Wildman–Crippen LogP) is 2.90. The summed E-state index contributed by atoms with van der Waals surface area (Å²) in [6.45, 7) is 0.974. The molecule has 0 bridgehead atoms. The van der Waals surface area contributed by atoms with E-state index in [-0.39, 0.29) is 12.1 Å². The molecule has 1 aliphatic rings. The molecule has 1 aliphatic heterocycles. The van der Waals surface area contributed by atoms with Gasteiger partial charge in [0.25, 0.3) is 0 Å². The lowest BCUT2D eigenvalue weighted by molar-refractivity contribution is 0.0461. The molecule has 0 atom stereocenters. The van der Waals surface area contributed by atoms with Crippen molar-refractivity contribution in [1.82, 2.24) is 9.88 Å². The van der Waals surface area contributed by atoms with Crippen LogP contribution in [0.5, 0.6) is 5.88 Å². The van der Waals surface area contributed by atoms with Gasteiger partial charge in [0.05, 0.1) is 18.7 Å². The molecular formula is C16H13ClN4O2. The van der Waals surface area contributed by atoms with Crippen LogP contribution in [0.25, 0.3) is 0 Å². The first-order valence-corrected chi connectivity index (χ1v) is 7.36. The number of benzene rings is 1. The van der Waals surface area contributed by atoms with Crippen LogP contribution < -0.4 is 10.1 Å². The van der Waals surface area contributed by atoms with Crippen LogP contribution in [0.3, 0.4) is 0 Å². The molecule has 2 heterocycles. The Balaban J connectivity index is 1.47. The van der Waals surface area contributed by atoms with E-state index in [2.05, 4.69) is 10.3 Å². The molecule has 1 aromatic carbocycles. The molecule has 1 saturated heterocycles. The molecule has 2 amide bonds. The molecule has 0 saturated carbocycles. The number of pyridine rings is 1. The Morgan fingerprint density at radius 3 is 2.65 bits per heavy atom. The maximum absolute atomic E-state index is 12.0. The summed E-state index contributed by atoms with van der Waals surface area (Å²) in [6, 6.07) is 12.0. The number of likely N-dealkylation sites (tertiary alicyclic amines) is 1. The van der Waals surface area contributed by atoms with E-state index in [0.29, 0.717) is 35.2 Å². The van der Waals surface area contributed by atoms with Crippen LogP contribution in [0.15, 0.2) is 42.6 Å².